The van der Waals surface area contributed by atoms with E-state index in [2.05, 4.69) is 28.9 Å². The fraction of sp³-hybridized carbons (Fsp3) is 0.438. The van der Waals surface area contributed by atoms with Crippen LogP contribution in [0.3, 0.4) is 0 Å². The van der Waals surface area contributed by atoms with Crippen LogP contribution in [0.4, 0.5) is 10.5 Å². The minimum atomic E-state index is -0.523. The van der Waals surface area contributed by atoms with Crippen LogP contribution in [0.2, 0.25) is 0 Å². The Morgan fingerprint density at radius 2 is 1.74 bits per heavy atom. The van der Waals surface area contributed by atoms with E-state index >= 15 is 0 Å². The van der Waals surface area contributed by atoms with Gasteiger partial charge in [-0.15, -0.1) is 6.58 Å². The molecule has 1 saturated carbocycles. The van der Waals surface area contributed by atoms with E-state index in [1.165, 1.54) is 15.9 Å². The minimum absolute atomic E-state index is 0.0841. The van der Waals surface area contributed by atoms with Crippen molar-refractivity contribution in [3.05, 3.63) is 66.7 Å². The molecule has 0 spiro atoms. The van der Waals surface area contributed by atoms with Gasteiger partial charge in [-0.25, -0.2) is 4.79 Å². The average molecular weight is 588 g/mol. The van der Waals surface area contributed by atoms with Crippen molar-refractivity contribution in [1.82, 2.24) is 20.0 Å². The Morgan fingerprint density at radius 3 is 2.51 bits per heavy atom. The van der Waals surface area contributed by atoms with E-state index in [0.29, 0.717) is 63.5 Å². The summed E-state index contributed by atoms with van der Waals surface area (Å²) in [6.45, 7) is 6.65. The van der Waals surface area contributed by atoms with E-state index in [4.69, 9.17) is 9.47 Å². The molecule has 11 heteroatoms. The van der Waals surface area contributed by atoms with E-state index < -0.39 is 18.0 Å². The van der Waals surface area contributed by atoms with Crippen LogP contribution in [0.15, 0.2) is 61.2 Å². The molecule has 3 aliphatic heterocycles. The first kappa shape index (κ1) is 28.6. The van der Waals surface area contributed by atoms with E-state index in [1.54, 1.807) is 4.90 Å². The fourth-order valence-corrected chi connectivity index (χ4v) is 6.57. The molecule has 3 atom stereocenters. The number of hydrogen-bond donors (Lipinski definition) is 1. The van der Waals surface area contributed by atoms with Crippen molar-refractivity contribution in [2.75, 3.05) is 51.0 Å². The maximum atomic E-state index is 13.6. The lowest BCUT2D eigenvalue weighted by molar-refractivity contribution is -0.146. The first-order chi connectivity index (χ1) is 20.9. The summed E-state index contributed by atoms with van der Waals surface area (Å²) in [4.78, 5) is 60.5. The molecule has 11 nitrogen and oxygen atoms in total. The Kier molecular flexibility index (Phi) is 8.22. The summed E-state index contributed by atoms with van der Waals surface area (Å²) >= 11 is 0. The van der Waals surface area contributed by atoms with Gasteiger partial charge in [0.15, 0.2) is 11.5 Å². The van der Waals surface area contributed by atoms with E-state index in [-0.39, 0.29) is 43.5 Å². The van der Waals surface area contributed by atoms with Gasteiger partial charge in [-0.2, -0.15) is 0 Å². The van der Waals surface area contributed by atoms with Crippen LogP contribution < -0.4 is 19.7 Å². The third-order valence-corrected chi connectivity index (χ3v) is 8.92. The van der Waals surface area contributed by atoms with Crippen molar-refractivity contribution < 1.29 is 28.7 Å². The molecule has 3 heterocycles. The molecule has 1 aliphatic carbocycles. The average Bonchev–Trinajstić information content (AvgIpc) is 3.52. The number of benzene rings is 2. The Bertz CT molecular complexity index is 1390. The molecule has 0 radical (unpaired) electrons. The molecule has 2 aromatic carbocycles. The van der Waals surface area contributed by atoms with Crippen LogP contribution in [0.25, 0.3) is 0 Å². The molecule has 5 amide bonds. The highest BCUT2D eigenvalue weighted by Gasteiger charge is 2.50. The molecule has 43 heavy (non-hydrogen) atoms. The van der Waals surface area contributed by atoms with Gasteiger partial charge < -0.3 is 29.5 Å². The lowest BCUT2D eigenvalue weighted by Crippen LogP contribution is -2.65. The fourth-order valence-electron chi connectivity index (χ4n) is 6.57. The first-order valence-electron chi connectivity index (χ1n) is 14.9. The predicted molar refractivity (Wildman–Crippen MR) is 158 cm³/mol. The van der Waals surface area contributed by atoms with Crippen LogP contribution in [-0.2, 0) is 20.9 Å². The minimum Gasteiger partial charge on any atom is -0.454 e. The molecule has 0 bridgehead atoms. The van der Waals surface area contributed by atoms with Crippen molar-refractivity contribution in [2.45, 2.75) is 31.8 Å². The summed E-state index contributed by atoms with van der Waals surface area (Å²) < 4.78 is 10.8. The van der Waals surface area contributed by atoms with Crippen LogP contribution in [-0.4, -0.2) is 90.6 Å². The van der Waals surface area contributed by atoms with Crippen molar-refractivity contribution >= 4 is 29.4 Å². The first-order valence-corrected chi connectivity index (χ1v) is 14.9. The van der Waals surface area contributed by atoms with Crippen molar-refractivity contribution in [3.63, 3.8) is 0 Å². The number of imide groups is 1. The van der Waals surface area contributed by atoms with Gasteiger partial charge in [0.2, 0.25) is 24.5 Å². The Morgan fingerprint density at radius 1 is 0.977 bits per heavy atom. The third-order valence-electron chi connectivity index (χ3n) is 8.92. The number of anilines is 1. The van der Waals surface area contributed by atoms with Gasteiger partial charge >= 0.3 is 6.03 Å². The summed E-state index contributed by atoms with van der Waals surface area (Å²) in [6, 6.07) is 14.6. The molecule has 226 valence electrons. The molecule has 2 saturated heterocycles. The number of carbonyl (C=O) groups excluding carboxylic acids is 4. The number of fused-ring (bicyclic) bond motifs is 2. The highest BCUT2D eigenvalue weighted by atomic mass is 16.7. The van der Waals surface area contributed by atoms with Crippen LogP contribution >= 0.6 is 0 Å². The van der Waals surface area contributed by atoms with Gasteiger partial charge in [-0.1, -0.05) is 30.3 Å². The van der Waals surface area contributed by atoms with Crippen molar-refractivity contribution in [3.8, 4) is 11.5 Å². The molecular formula is C32H37N5O6. The number of amides is 5. The Labute approximate surface area is 251 Å². The van der Waals surface area contributed by atoms with E-state index in [1.807, 2.05) is 36.4 Å². The molecule has 6 rings (SSSR count). The molecule has 1 N–H and O–H groups in total. The number of ether oxygens (including phenoxy) is 2. The summed E-state index contributed by atoms with van der Waals surface area (Å²) in [7, 11) is 0. The maximum absolute atomic E-state index is 13.6. The number of piperazine rings is 1. The third kappa shape index (κ3) is 5.89. The monoisotopic (exact) mass is 587 g/mol. The quantitative estimate of drug-likeness (QED) is 0.473. The van der Waals surface area contributed by atoms with Gasteiger partial charge in [0.25, 0.3) is 0 Å². The molecule has 3 unspecified atom stereocenters. The largest absolute Gasteiger partial charge is 0.454 e. The van der Waals surface area contributed by atoms with Gasteiger partial charge in [-0.3, -0.25) is 19.3 Å². The van der Waals surface area contributed by atoms with Gasteiger partial charge in [0.1, 0.15) is 6.54 Å². The number of urea groups is 1. The lowest BCUT2D eigenvalue weighted by atomic mass is 9.75. The van der Waals surface area contributed by atoms with E-state index in [0.717, 1.165) is 11.3 Å². The zero-order valence-electron chi connectivity index (χ0n) is 24.2. The number of rotatable bonds is 8. The lowest BCUT2D eigenvalue weighted by Gasteiger charge is -2.48. The number of nitrogens with zero attached hydrogens (tertiary/aromatic N) is 4. The number of carbonyl (C=O) groups is 4. The predicted octanol–water partition coefficient (Wildman–Crippen LogP) is 2.62. The summed E-state index contributed by atoms with van der Waals surface area (Å²) in [5, 5.41) is 3.00. The summed E-state index contributed by atoms with van der Waals surface area (Å²) in [6.07, 6.45) is 2.84. The molecule has 2 aromatic rings. The van der Waals surface area contributed by atoms with Crippen LogP contribution in [0.1, 0.15) is 24.8 Å². The molecule has 4 aliphatic rings. The second kappa shape index (κ2) is 12.4. The Hall–Kier alpha value is -4.54. The number of nitrogens with one attached hydrogen (secondary N) is 1. The van der Waals surface area contributed by atoms with Crippen LogP contribution in [0, 0.1) is 11.8 Å². The van der Waals surface area contributed by atoms with Crippen molar-refractivity contribution in [1.29, 1.82) is 0 Å². The van der Waals surface area contributed by atoms with E-state index in [9.17, 15) is 19.2 Å². The highest BCUT2D eigenvalue weighted by molar-refractivity contribution is 6.00. The van der Waals surface area contributed by atoms with Crippen LogP contribution in [0.5, 0.6) is 11.5 Å². The second-order valence-electron chi connectivity index (χ2n) is 11.4. The second-order valence-corrected chi connectivity index (χ2v) is 11.4. The van der Waals surface area contributed by atoms with Gasteiger partial charge in [-0.05, 0) is 49.1 Å². The zero-order valence-corrected chi connectivity index (χ0v) is 24.2. The normalized spacial score (nSPS) is 23.2. The number of hydrogen-bond acceptors (Lipinski definition) is 7. The maximum Gasteiger partial charge on any atom is 0.327 e. The molecule has 0 aromatic heterocycles. The smallest absolute Gasteiger partial charge is 0.327 e. The van der Waals surface area contributed by atoms with Gasteiger partial charge in [0, 0.05) is 56.9 Å². The van der Waals surface area contributed by atoms with Gasteiger partial charge in [0.05, 0.1) is 5.92 Å². The molecule has 3 fully saturated rings. The summed E-state index contributed by atoms with van der Waals surface area (Å²) in [5.41, 5.74) is 2.00. The standard InChI is InChI=1S/C32H37N5O6/c1-2-12-36-31(40)25-10-9-23(30(39)33-19-22-8-11-27-28(17-22)43-21-42-27)18-26(25)37(32(36)41)20-29(38)35-15-13-34(14-16-35)24-6-4-3-5-7-24/h2-8,11,17,23,25-26H,1,9-10,12-16,18-21H2,(H,33,39). The Balaban J connectivity index is 1.11. The summed E-state index contributed by atoms with van der Waals surface area (Å²) in [5.74, 6) is -0.0491. The molecular weight excluding hydrogens is 550 g/mol. The number of para-hydroxylation sites is 1. The zero-order chi connectivity index (χ0) is 29.9. The SMILES string of the molecule is C=CCN1C(=O)C2CCC(C(=O)NCc3ccc4c(c3)OCO4)CC2N(CC(=O)N2CCN(c3ccccc3)CC2)C1=O. The topological polar surface area (TPSA) is 112 Å². The van der Waals surface area contributed by atoms with Crippen molar-refractivity contribution in [2.24, 2.45) is 11.8 Å². The highest BCUT2D eigenvalue weighted by Crippen LogP contribution is 2.38.